The van der Waals surface area contributed by atoms with E-state index in [1.807, 2.05) is 17.4 Å². The third-order valence-corrected chi connectivity index (χ3v) is 6.46. The number of furan rings is 1. The van der Waals surface area contributed by atoms with Gasteiger partial charge in [-0.3, -0.25) is 0 Å². The van der Waals surface area contributed by atoms with E-state index < -0.39 is 0 Å². The average molecular weight is 326 g/mol. The van der Waals surface area contributed by atoms with Crippen LogP contribution in [0.25, 0.3) is 42.5 Å². The van der Waals surface area contributed by atoms with Crippen LogP contribution in [0.3, 0.4) is 0 Å². The van der Waals surface area contributed by atoms with Gasteiger partial charge in [-0.05, 0) is 30.5 Å². The lowest BCUT2D eigenvalue weighted by atomic mass is 9.88. The second kappa shape index (κ2) is 4.49. The minimum absolute atomic E-state index is 1.01. The van der Waals surface area contributed by atoms with E-state index in [1.54, 1.807) is 0 Å². The number of para-hydroxylation sites is 1. The molecule has 2 aromatic heterocycles. The Morgan fingerprint density at radius 1 is 0.708 bits per heavy atom. The van der Waals surface area contributed by atoms with E-state index in [4.69, 9.17) is 4.42 Å². The smallest absolute Gasteiger partial charge is 0.138 e. The third-order valence-electron chi connectivity index (χ3n) is 5.22. The first-order valence-corrected chi connectivity index (χ1v) is 9.16. The Morgan fingerprint density at radius 2 is 1.50 bits per heavy atom. The van der Waals surface area contributed by atoms with Crippen molar-refractivity contribution in [1.29, 1.82) is 0 Å². The molecule has 0 unspecified atom stereocenters. The summed E-state index contributed by atoms with van der Waals surface area (Å²) in [7, 11) is 0. The highest BCUT2D eigenvalue weighted by molar-refractivity contribution is 7.26. The van der Waals surface area contributed by atoms with Crippen LogP contribution in [0.15, 0.2) is 65.1 Å². The van der Waals surface area contributed by atoms with E-state index in [0.29, 0.717) is 0 Å². The predicted octanol–water partition coefficient (Wildman–Crippen LogP) is 6.57. The first kappa shape index (κ1) is 12.8. The minimum atomic E-state index is 1.01. The predicted molar refractivity (Wildman–Crippen MR) is 102 cm³/mol. The number of hydrogen-bond donors (Lipinski definition) is 0. The van der Waals surface area contributed by atoms with Gasteiger partial charge in [0.05, 0.1) is 0 Å². The Kier molecular flexibility index (Phi) is 2.39. The Morgan fingerprint density at radius 3 is 2.46 bits per heavy atom. The molecule has 1 nitrogen and oxygen atoms in total. The molecular weight excluding hydrogens is 312 g/mol. The number of fused-ring (bicyclic) bond motifs is 9. The molecule has 0 fully saturated rings. The van der Waals surface area contributed by atoms with Gasteiger partial charge in [0.1, 0.15) is 11.3 Å². The highest BCUT2D eigenvalue weighted by atomic mass is 32.1. The normalized spacial score (nSPS) is 13.5. The fourth-order valence-corrected chi connectivity index (χ4v) is 5.40. The Balaban J connectivity index is 1.73. The monoisotopic (exact) mass is 326 g/mol. The largest absolute Gasteiger partial charge is 0.456 e. The third kappa shape index (κ3) is 1.54. The van der Waals surface area contributed by atoms with Crippen molar-refractivity contribution >= 4 is 42.5 Å². The van der Waals surface area contributed by atoms with Crippen LogP contribution in [0.1, 0.15) is 11.1 Å². The van der Waals surface area contributed by atoms with Crippen LogP contribution in [0, 0.1) is 0 Å². The second-order valence-electron chi connectivity index (χ2n) is 6.47. The maximum atomic E-state index is 6.24. The zero-order valence-corrected chi connectivity index (χ0v) is 13.8. The highest BCUT2D eigenvalue weighted by Gasteiger charge is 2.25. The summed E-state index contributed by atoms with van der Waals surface area (Å²) in [5.41, 5.74) is 5.12. The fourth-order valence-electron chi connectivity index (χ4n) is 4.12. The van der Waals surface area contributed by atoms with E-state index in [1.165, 1.54) is 42.2 Å². The standard InChI is InChI=1S/C22H14OS/c1-3-7-19-13(5-1)15-9-12-18-16(21(15)23-19)10-11-17-14-6-2-4-8-20(14)24-22(17)18/h1-8,10-11H,9,12H2. The maximum Gasteiger partial charge on any atom is 0.138 e. The van der Waals surface area contributed by atoms with Gasteiger partial charge in [0.25, 0.3) is 0 Å². The molecular formula is C22H14OS. The molecule has 0 atom stereocenters. The number of hydrogen-bond acceptors (Lipinski definition) is 2. The van der Waals surface area contributed by atoms with E-state index in [0.717, 1.165) is 24.2 Å². The molecule has 0 radical (unpaired) electrons. The summed E-state index contributed by atoms with van der Waals surface area (Å²) in [6.07, 6.45) is 2.16. The fraction of sp³-hybridized carbons (Fsp3) is 0.0909. The van der Waals surface area contributed by atoms with Crippen molar-refractivity contribution < 1.29 is 4.42 Å². The summed E-state index contributed by atoms with van der Waals surface area (Å²) < 4.78 is 9.05. The molecule has 2 heteroatoms. The van der Waals surface area contributed by atoms with Crippen LogP contribution in [-0.2, 0) is 12.8 Å². The van der Waals surface area contributed by atoms with Crippen molar-refractivity contribution in [2.45, 2.75) is 12.8 Å². The number of rotatable bonds is 0. The second-order valence-corrected chi connectivity index (χ2v) is 7.52. The van der Waals surface area contributed by atoms with Gasteiger partial charge in [-0.2, -0.15) is 0 Å². The molecule has 6 rings (SSSR count). The molecule has 3 aromatic carbocycles. The van der Waals surface area contributed by atoms with Gasteiger partial charge >= 0.3 is 0 Å². The summed E-state index contributed by atoms with van der Waals surface area (Å²) >= 11 is 1.92. The SMILES string of the molecule is c1ccc2c3c(oc2c1)-c1ccc2c(sc4ccccc42)c1CC3. The molecule has 0 aliphatic heterocycles. The molecule has 1 aliphatic carbocycles. The molecule has 0 bridgehead atoms. The lowest BCUT2D eigenvalue weighted by Gasteiger charge is -2.16. The van der Waals surface area contributed by atoms with Gasteiger partial charge in [-0.1, -0.05) is 48.5 Å². The van der Waals surface area contributed by atoms with Gasteiger partial charge < -0.3 is 4.42 Å². The Hall–Kier alpha value is -2.58. The van der Waals surface area contributed by atoms with Crippen molar-refractivity contribution in [2.75, 3.05) is 0 Å². The van der Waals surface area contributed by atoms with Gasteiger partial charge in [-0.15, -0.1) is 11.3 Å². The van der Waals surface area contributed by atoms with Crippen LogP contribution in [0.4, 0.5) is 0 Å². The van der Waals surface area contributed by atoms with Gasteiger partial charge in [0.2, 0.25) is 0 Å². The molecule has 24 heavy (non-hydrogen) atoms. The quantitative estimate of drug-likeness (QED) is 0.314. The summed E-state index contributed by atoms with van der Waals surface area (Å²) in [4.78, 5) is 0. The lowest BCUT2D eigenvalue weighted by Crippen LogP contribution is -2.01. The summed E-state index contributed by atoms with van der Waals surface area (Å²) in [6.45, 7) is 0. The molecule has 0 saturated heterocycles. The molecule has 0 saturated carbocycles. The van der Waals surface area contributed by atoms with Crippen LogP contribution in [-0.4, -0.2) is 0 Å². The Labute approximate surface area is 143 Å². The molecule has 5 aromatic rings. The van der Waals surface area contributed by atoms with Crippen LogP contribution in [0.2, 0.25) is 0 Å². The topological polar surface area (TPSA) is 13.1 Å². The van der Waals surface area contributed by atoms with Crippen LogP contribution >= 0.6 is 11.3 Å². The van der Waals surface area contributed by atoms with Crippen molar-refractivity contribution in [3.8, 4) is 11.3 Å². The van der Waals surface area contributed by atoms with Gasteiger partial charge in [0, 0.05) is 36.7 Å². The number of aryl methyl sites for hydroxylation is 2. The van der Waals surface area contributed by atoms with E-state index in [9.17, 15) is 0 Å². The highest BCUT2D eigenvalue weighted by Crippen LogP contribution is 2.45. The van der Waals surface area contributed by atoms with Gasteiger partial charge in [0.15, 0.2) is 0 Å². The summed E-state index contributed by atoms with van der Waals surface area (Å²) in [6, 6.07) is 21.7. The first-order chi connectivity index (χ1) is 11.9. The molecule has 0 spiro atoms. The zero-order valence-electron chi connectivity index (χ0n) is 13.0. The van der Waals surface area contributed by atoms with Crippen LogP contribution in [0.5, 0.6) is 0 Å². The summed E-state index contributed by atoms with van der Waals surface area (Å²) in [5.74, 6) is 1.08. The van der Waals surface area contributed by atoms with Gasteiger partial charge in [-0.25, -0.2) is 0 Å². The maximum absolute atomic E-state index is 6.24. The molecule has 2 heterocycles. The molecule has 0 amide bonds. The zero-order chi connectivity index (χ0) is 15.7. The molecule has 1 aliphatic rings. The minimum Gasteiger partial charge on any atom is -0.456 e. The van der Waals surface area contributed by atoms with E-state index in [2.05, 4.69) is 54.6 Å². The average Bonchev–Trinajstić information content (AvgIpc) is 3.20. The lowest BCUT2D eigenvalue weighted by molar-refractivity contribution is 0.622. The van der Waals surface area contributed by atoms with E-state index >= 15 is 0 Å². The Bertz CT molecular complexity index is 1260. The van der Waals surface area contributed by atoms with Crippen molar-refractivity contribution in [3.63, 3.8) is 0 Å². The van der Waals surface area contributed by atoms with Crippen molar-refractivity contribution in [3.05, 3.63) is 71.8 Å². The number of thiophene rings is 1. The number of benzene rings is 3. The first-order valence-electron chi connectivity index (χ1n) is 8.34. The van der Waals surface area contributed by atoms with E-state index in [-0.39, 0.29) is 0 Å². The molecule has 0 N–H and O–H groups in total. The van der Waals surface area contributed by atoms with Crippen molar-refractivity contribution in [1.82, 2.24) is 0 Å². The van der Waals surface area contributed by atoms with Crippen LogP contribution < -0.4 is 0 Å². The molecule has 114 valence electrons. The van der Waals surface area contributed by atoms with Crippen molar-refractivity contribution in [2.24, 2.45) is 0 Å². The summed E-state index contributed by atoms with van der Waals surface area (Å²) in [5, 5.41) is 4.03.